The van der Waals surface area contributed by atoms with Gasteiger partial charge in [-0.1, -0.05) is 30.3 Å². The lowest BCUT2D eigenvalue weighted by atomic mass is 9.94. The molecule has 2 aromatic carbocycles. The van der Waals surface area contributed by atoms with Gasteiger partial charge in [0, 0.05) is 18.7 Å². The normalized spacial score (nSPS) is 19.3. The molecule has 1 aliphatic rings. The molecule has 3 rings (SSSR count). The molecule has 1 N–H and O–H groups in total. The van der Waals surface area contributed by atoms with Gasteiger partial charge >= 0.3 is 0 Å². The van der Waals surface area contributed by atoms with Crippen LogP contribution in [0.15, 0.2) is 48.5 Å². The largest absolute Gasteiger partial charge is 0.497 e. The molecule has 9 nitrogen and oxygen atoms in total. The molecule has 0 aromatic heterocycles. The Balaban J connectivity index is 1.95. The Kier molecular flexibility index (Phi) is 7.28. The number of rotatable bonds is 8. The molecule has 33 heavy (non-hydrogen) atoms. The van der Waals surface area contributed by atoms with Crippen LogP contribution in [0.5, 0.6) is 11.5 Å². The molecule has 0 bridgehead atoms. The smallest absolute Gasteiger partial charge is 0.247 e. The summed E-state index contributed by atoms with van der Waals surface area (Å²) in [7, 11) is -0.644. The van der Waals surface area contributed by atoms with E-state index in [9.17, 15) is 18.0 Å². The van der Waals surface area contributed by atoms with Gasteiger partial charge in [0.05, 0.1) is 33.6 Å². The zero-order valence-electron chi connectivity index (χ0n) is 19.2. The van der Waals surface area contributed by atoms with E-state index in [0.717, 1.165) is 16.1 Å². The van der Waals surface area contributed by atoms with E-state index in [-0.39, 0.29) is 26.2 Å². The number of carbonyl (C=O) groups excluding carboxylic acids is 2. The molecule has 0 unspecified atom stereocenters. The van der Waals surface area contributed by atoms with E-state index < -0.39 is 27.4 Å². The molecule has 2 amide bonds. The van der Waals surface area contributed by atoms with Gasteiger partial charge in [0.15, 0.2) is 0 Å². The number of benzene rings is 2. The summed E-state index contributed by atoms with van der Waals surface area (Å²) >= 11 is 0. The maximum Gasteiger partial charge on any atom is 0.247 e. The van der Waals surface area contributed by atoms with Crippen molar-refractivity contribution in [3.63, 3.8) is 0 Å². The van der Waals surface area contributed by atoms with Crippen molar-refractivity contribution in [1.82, 2.24) is 14.5 Å². The maximum absolute atomic E-state index is 13.4. The Bertz CT molecular complexity index is 1120. The number of hydrogen-bond acceptors (Lipinski definition) is 6. The first-order chi connectivity index (χ1) is 15.6. The number of hydrogen-bond donors (Lipinski definition) is 1. The first kappa shape index (κ1) is 24.5. The number of nitrogens with zero attached hydrogens (tertiary/aromatic N) is 2. The van der Waals surface area contributed by atoms with Gasteiger partial charge in [-0.3, -0.25) is 9.59 Å². The Morgan fingerprint density at radius 2 is 1.82 bits per heavy atom. The highest BCUT2D eigenvalue weighted by atomic mass is 32.2. The van der Waals surface area contributed by atoms with E-state index in [1.165, 1.54) is 19.1 Å². The van der Waals surface area contributed by atoms with Gasteiger partial charge < -0.3 is 19.7 Å². The second kappa shape index (κ2) is 9.80. The molecule has 178 valence electrons. The molecule has 1 saturated heterocycles. The maximum atomic E-state index is 13.4. The van der Waals surface area contributed by atoms with E-state index in [0.29, 0.717) is 17.1 Å². The van der Waals surface area contributed by atoms with E-state index in [1.54, 1.807) is 25.1 Å². The summed E-state index contributed by atoms with van der Waals surface area (Å²) < 4.78 is 36.3. The lowest BCUT2D eigenvalue weighted by Crippen LogP contribution is -2.69. The van der Waals surface area contributed by atoms with Gasteiger partial charge in [-0.2, -0.15) is 4.31 Å². The minimum atomic E-state index is -3.69. The van der Waals surface area contributed by atoms with Crippen molar-refractivity contribution < 1.29 is 27.5 Å². The monoisotopic (exact) mass is 475 g/mol. The van der Waals surface area contributed by atoms with Crippen LogP contribution < -0.4 is 14.8 Å². The summed E-state index contributed by atoms with van der Waals surface area (Å²) in [6.45, 7) is 1.37. The van der Waals surface area contributed by atoms with Gasteiger partial charge in [0.1, 0.15) is 17.0 Å². The first-order valence-corrected chi connectivity index (χ1v) is 12.2. The van der Waals surface area contributed by atoms with Crippen molar-refractivity contribution in [2.45, 2.75) is 25.6 Å². The van der Waals surface area contributed by atoms with E-state index in [2.05, 4.69) is 5.32 Å². The predicted molar refractivity (Wildman–Crippen MR) is 123 cm³/mol. The molecule has 0 saturated carbocycles. The van der Waals surface area contributed by atoms with E-state index >= 15 is 0 Å². The van der Waals surface area contributed by atoms with Gasteiger partial charge in [-0.15, -0.1) is 0 Å². The number of amides is 2. The van der Waals surface area contributed by atoms with E-state index in [1.807, 2.05) is 30.3 Å². The molecule has 0 radical (unpaired) electrons. The molecule has 2 aromatic rings. The summed E-state index contributed by atoms with van der Waals surface area (Å²) in [5, 5.41) is 2.86. The zero-order valence-corrected chi connectivity index (χ0v) is 20.0. The first-order valence-electron chi connectivity index (χ1n) is 10.4. The second-order valence-electron chi connectivity index (χ2n) is 8.13. The van der Waals surface area contributed by atoms with Crippen LogP contribution in [0.2, 0.25) is 0 Å². The summed E-state index contributed by atoms with van der Waals surface area (Å²) in [4.78, 5) is 28.0. The van der Waals surface area contributed by atoms with Crippen LogP contribution in [0.4, 0.5) is 0 Å². The van der Waals surface area contributed by atoms with Gasteiger partial charge in [0.2, 0.25) is 21.8 Å². The van der Waals surface area contributed by atoms with Crippen LogP contribution in [0, 0.1) is 0 Å². The number of ether oxygens (including phenoxy) is 2. The molecule has 0 aliphatic carbocycles. The summed E-state index contributed by atoms with van der Waals surface area (Å²) in [6, 6.07) is 14.5. The highest BCUT2D eigenvalue weighted by Crippen LogP contribution is 2.31. The minimum absolute atomic E-state index is 0.0477. The average molecular weight is 476 g/mol. The second-order valence-corrected chi connectivity index (χ2v) is 10.1. The van der Waals surface area contributed by atoms with Crippen molar-refractivity contribution in [3.8, 4) is 11.5 Å². The molecule has 10 heteroatoms. The lowest BCUT2D eigenvalue weighted by molar-refractivity contribution is -0.153. The fraction of sp³-hybridized carbons (Fsp3) is 0.391. The third kappa shape index (κ3) is 5.45. The Morgan fingerprint density at radius 1 is 1.12 bits per heavy atom. The number of carbonyl (C=O) groups is 2. The topological polar surface area (TPSA) is 105 Å². The standard InChI is InChI=1S/C23H29N3O6S/c1-23(22(28)24-13-17-8-6-5-7-9-17)16-25(33(4,29)30)15-21(27)26(23)14-18-12-19(31-2)10-11-20(18)32-3/h5-12H,13-16H2,1-4H3,(H,24,28)/t23-/m1/s1. The highest BCUT2D eigenvalue weighted by molar-refractivity contribution is 7.88. The van der Waals surface area contributed by atoms with Crippen LogP contribution in [0.25, 0.3) is 0 Å². The van der Waals surface area contributed by atoms with Gasteiger partial charge in [0.25, 0.3) is 0 Å². The van der Waals surface area contributed by atoms with Crippen molar-refractivity contribution >= 4 is 21.8 Å². The molecular formula is C23H29N3O6S. The fourth-order valence-corrected chi connectivity index (χ4v) is 4.66. The molecule has 0 spiro atoms. The fourth-order valence-electron chi connectivity index (χ4n) is 3.83. The molecule has 1 atom stereocenters. The molecule has 1 fully saturated rings. The summed E-state index contributed by atoms with van der Waals surface area (Å²) in [5.41, 5.74) is 0.0824. The van der Waals surface area contributed by atoms with Gasteiger partial charge in [-0.05, 0) is 30.7 Å². The van der Waals surface area contributed by atoms with Crippen LogP contribution in [-0.2, 0) is 32.7 Å². The van der Waals surface area contributed by atoms with Crippen molar-refractivity contribution in [2.75, 3.05) is 33.6 Å². The third-order valence-corrected chi connectivity index (χ3v) is 6.96. The van der Waals surface area contributed by atoms with Crippen LogP contribution in [-0.4, -0.2) is 68.5 Å². The number of methoxy groups -OCH3 is 2. The summed E-state index contributed by atoms with van der Waals surface area (Å²) in [6.07, 6.45) is 1.03. The van der Waals surface area contributed by atoms with Crippen molar-refractivity contribution in [1.29, 1.82) is 0 Å². The summed E-state index contributed by atoms with van der Waals surface area (Å²) in [5.74, 6) is 0.174. The van der Waals surface area contributed by atoms with Crippen LogP contribution in [0.1, 0.15) is 18.1 Å². The average Bonchev–Trinajstić information content (AvgIpc) is 2.79. The SMILES string of the molecule is COc1ccc(OC)c(CN2C(=O)CN(S(C)(=O)=O)C[C@]2(C)C(=O)NCc2ccccc2)c1. The van der Waals surface area contributed by atoms with Crippen LogP contribution in [0.3, 0.4) is 0 Å². The molecule has 1 heterocycles. The molecule has 1 aliphatic heterocycles. The zero-order chi connectivity index (χ0) is 24.2. The quantitative estimate of drug-likeness (QED) is 0.619. The molecular weight excluding hydrogens is 446 g/mol. The number of sulfonamides is 1. The number of nitrogens with one attached hydrogen (secondary N) is 1. The van der Waals surface area contributed by atoms with Crippen molar-refractivity contribution in [2.24, 2.45) is 0 Å². The Hall–Kier alpha value is -3.11. The number of piperazine rings is 1. The highest BCUT2D eigenvalue weighted by Gasteiger charge is 2.49. The predicted octanol–water partition coefficient (Wildman–Crippen LogP) is 1.38. The van der Waals surface area contributed by atoms with Crippen LogP contribution >= 0.6 is 0 Å². The Labute approximate surface area is 194 Å². The van der Waals surface area contributed by atoms with Gasteiger partial charge in [-0.25, -0.2) is 8.42 Å². The van der Waals surface area contributed by atoms with Crippen molar-refractivity contribution in [3.05, 3.63) is 59.7 Å². The lowest BCUT2D eigenvalue weighted by Gasteiger charge is -2.46. The Morgan fingerprint density at radius 3 is 2.42 bits per heavy atom. The minimum Gasteiger partial charge on any atom is -0.497 e. The van der Waals surface area contributed by atoms with E-state index in [4.69, 9.17) is 9.47 Å². The third-order valence-electron chi connectivity index (χ3n) is 5.76.